The van der Waals surface area contributed by atoms with Gasteiger partial charge in [-0.3, -0.25) is 0 Å². The van der Waals surface area contributed by atoms with E-state index in [1.807, 2.05) is 0 Å². The average molecular weight is 335 g/mol. The molecule has 0 amide bonds. The van der Waals surface area contributed by atoms with Gasteiger partial charge in [-0.1, -0.05) is 27.5 Å². The molecule has 1 rings (SSSR count). The molecule has 0 bridgehead atoms. The van der Waals surface area contributed by atoms with Crippen LogP contribution >= 0.6 is 27.5 Å². The van der Waals surface area contributed by atoms with Gasteiger partial charge in [0.2, 0.25) is 0 Å². The van der Waals surface area contributed by atoms with Gasteiger partial charge in [-0.05, 0) is 6.07 Å². The zero-order valence-electron chi connectivity index (χ0n) is 8.25. The van der Waals surface area contributed by atoms with Gasteiger partial charge in [0.05, 0.1) is 11.7 Å². The van der Waals surface area contributed by atoms with E-state index in [9.17, 15) is 23.4 Å². The van der Waals surface area contributed by atoms with E-state index in [1.54, 1.807) is 0 Å². The summed E-state index contributed by atoms with van der Waals surface area (Å²) < 4.78 is 37.2. The van der Waals surface area contributed by atoms with Gasteiger partial charge in [0.1, 0.15) is 11.3 Å². The van der Waals surface area contributed by atoms with Gasteiger partial charge in [-0.15, -0.1) is 0 Å². The van der Waals surface area contributed by atoms with Crippen molar-refractivity contribution < 1.29 is 23.4 Å². The Morgan fingerprint density at radius 3 is 2.47 bits per heavy atom. The molecule has 0 saturated carbocycles. The molecule has 1 aromatic rings. The molecule has 0 aliphatic heterocycles. The second kappa shape index (κ2) is 5.51. The predicted molar refractivity (Wildman–Crippen MR) is 59.0 cm³/mol. The van der Waals surface area contributed by atoms with E-state index in [2.05, 4.69) is 20.9 Å². The molecule has 1 aromatic heterocycles. The summed E-state index contributed by atoms with van der Waals surface area (Å²) in [5, 5.41) is 18.6. The van der Waals surface area contributed by atoms with Gasteiger partial charge in [0, 0.05) is 17.1 Å². The maximum atomic E-state index is 12.4. The van der Waals surface area contributed by atoms with Crippen molar-refractivity contribution in [2.75, 3.05) is 5.33 Å². The number of pyridine rings is 1. The Kier molecular flexibility index (Phi) is 4.77. The SMILES string of the molecule is OC(CBr)C(O)c1cc(C(F)(F)F)cnc1Cl. The van der Waals surface area contributed by atoms with E-state index in [1.165, 1.54) is 0 Å². The Bertz CT molecular complexity index is 402. The lowest BCUT2D eigenvalue weighted by atomic mass is 10.1. The molecular weight excluding hydrogens is 326 g/mol. The normalized spacial score (nSPS) is 15.7. The van der Waals surface area contributed by atoms with Crippen LogP contribution in [0.15, 0.2) is 12.3 Å². The third-order valence-electron chi connectivity index (χ3n) is 2.03. The van der Waals surface area contributed by atoms with Crippen LogP contribution in [0.1, 0.15) is 17.2 Å². The highest BCUT2D eigenvalue weighted by Gasteiger charge is 2.33. The van der Waals surface area contributed by atoms with Crippen LogP contribution in [0.25, 0.3) is 0 Å². The lowest BCUT2D eigenvalue weighted by Crippen LogP contribution is -2.21. The smallest absolute Gasteiger partial charge is 0.389 e. The lowest BCUT2D eigenvalue weighted by Gasteiger charge is -2.18. The molecule has 1 heterocycles. The number of rotatable bonds is 3. The maximum absolute atomic E-state index is 12.4. The fraction of sp³-hybridized carbons (Fsp3) is 0.444. The standard InChI is InChI=1S/C9H8BrClF3NO2/c10-2-6(16)7(17)5-1-4(9(12,13)14)3-15-8(5)11/h1,3,6-7,16-17H,2H2. The topological polar surface area (TPSA) is 53.4 Å². The Hall–Kier alpha value is -0.370. The van der Waals surface area contributed by atoms with Gasteiger partial charge in [-0.2, -0.15) is 13.2 Å². The van der Waals surface area contributed by atoms with Crippen molar-refractivity contribution in [1.29, 1.82) is 0 Å². The molecule has 0 spiro atoms. The number of hydrogen-bond acceptors (Lipinski definition) is 3. The van der Waals surface area contributed by atoms with Crippen molar-refractivity contribution in [3.63, 3.8) is 0 Å². The third kappa shape index (κ3) is 3.54. The maximum Gasteiger partial charge on any atom is 0.417 e. The highest BCUT2D eigenvalue weighted by Crippen LogP contribution is 2.33. The van der Waals surface area contributed by atoms with Crippen LogP contribution in [0.5, 0.6) is 0 Å². The summed E-state index contributed by atoms with van der Waals surface area (Å²) in [4.78, 5) is 3.34. The van der Waals surface area contributed by atoms with Crippen molar-refractivity contribution in [3.8, 4) is 0 Å². The number of alkyl halides is 4. The van der Waals surface area contributed by atoms with E-state index in [-0.39, 0.29) is 16.0 Å². The van der Waals surface area contributed by atoms with Gasteiger partial charge < -0.3 is 10.2 Å². The molecule has 0 saturated heterocycles. The highest BCUT2D eigenvalue weighted by molar-refractivity contribution is 9.09. The predicted octanol–water partition coefficient (Wildman–Crippen LogP) is 2.54. The lowest BCUT2D eigenvalue weighted by molar-refractivity contribution is -0.138. The summed E-state index contributed by atoms with van der Waals surface area (Å²) >= 11 is 8.48. The third-order valence-corrected chi connectivity index (χ3v) is 3.01. The summed E-state index contributed by atoms with van der Waals surface area (Å²) in [6.07, 6.45) is -6.81. The Labute approximate surface area is 108 Å². The number of aliphatic hydroxyl groups excluding tert-OH is 2. The van der Waals surface area contributed by atoms with Gasteiger partial charge in [0.25, 0.3) is 0 Å². The first-order chi connectivity index (χ1) is 7.77. The number of nitrogens with zero attached hydrogens (tertiary/aromatic N) is 1. The molecule has 2 unspecified atom stereocenters. The van der Waals surface area contributed by atoms with Gasteiger partial charge in [-0.25, -0.2) is 4.98 Å². The largest absolute Gasteiger partial charge is 0.417 e. The van der Waals surface area contributed by atoms with Gasteiger partial charge >= 0.3 is 6.18 Å². The zero-order valence-corrected chi connectivity index (χ0v) is 10.6. The summed E-state index contributed by atoms with van der Waals surface area (Å²) in [5.74, 6) is 0. The van der Waals surface area contributed by atoms with Crippen LogP contribution < -0.4 is 0 Å². The molecule has 8 heteroatoms. The second-order valence-electron chi connectivity index (χ2n) is 3.27. The Morgan fingerprint density at radius 2 is 2.00 bits per heavy atom. The van der Waals surface area contributed by atoms with Crippen molar-refractivity contribution in [2.45, 2.75) is 18.4 Å². The van der Waals surface area contributed by atoms with Crippen LogP contribution in [-0.4, -0.2) is 26.6 Å². The molecule has 0 fully saturated rings. The summed E-state index contributed by atoms with van der Waals surface area (Å²) in [5.41, 5.74) is -1.29. The molecule has 0 aliphatic rings. The average Bonchev–Trinajstić information content (AvgIpc) is 2.26. The number of hydrogen-bond donors (Lipinski definition) is 2. The van der Waals surface area contributed by atoms with Crippen molar-refractivity contribution in [2.24, 2.45) is 0 Å². The first kappa shape index (κ1) is 14.7. The molecule has 0 radical (unpaired) electrons. The molecule has 17 heavy (non-hydrogen) atoms. The van der Waals surface area contributed by atoms with Crippen molar-refractivity contribution >= 4 is 27.5 Å². The van der Waals surface area contributed by atoms with Crippen LogP contribution in [0.4, 0.5) is 13.2 Å². The minimum absolute atomic E-state index is 0.000735. The minimum Gasteiger partial charge on any atom is -0.389 e. The van der Waals surface area contributed by atoms with Crippen LogP contribution in [0, 0.1) is 0 Å². The Morgan fingerprint density at radius 1 is 1.41 bits per heavy atom. The van der Waals surface area contributed by atoms with E-state index in [4.69, 9.17) is 11.6 Å². The first-order valence-electron chi connectivity index (χ1n) is 4.42. The zero-order chi connectivity index (χ0) is 13.2. The summed E-state index contributed by atoms with van der Waals surface area (Å²) in [7, 11) is 0. The fourth-order valence-corrected chi connectivity index (χ4v) is 1.69. The van der Waals surface area contributed by atoms with E-state index >= 15 is 0 Å². The van der Waals surface area contributed by atoms with Crippen LogP contribution in [0.3, 0.4) is 0 Å². The molecule has 2 N–H and O–H groups in total. The quantitative estimate of drug-likeness (QED) is 0.660. The van der Waals surface area contributed by atoms with E-state index < -0.39 is 23.9 Å². The highest BCUT2D eigenvalue weighted by atomic mass is 79.9. The number of aliphatic hydroxyl groups is 2. The molecule has 3 nitrogen and oxygen atoms in total. The molecule has 0 aliphatic carbocycles. The summed E-state index contributed by atoms with van der Waals surface area (Å²) in [6.45, 7) is 0. The molecule has 0 aromatic carbocycles. The molecule has 2 atom stereocenters. The molecule has 96 valence electrons. The first-order valence-corrected chi connectivity index (χ1v) is 5.92. The summed E-state index contributed by atoms with van der Waals surface area (Å²) in [6, 6.07) is 0.672. The fourth-order valence-electron chi connectivity index (χ4n) is 1.12. The number of aromatic nitrogens is 1. The second-order valence-corrected chi connectivity index (χ2v) is 4.27. The van der Waals surface area contributed by atoms with Crippen molar-refractivity contribution in [1.82, 2.24) is 4.98 Å². The van der Waals surface area contributed by atoms with Crippen molar-refractivity contribution in [3.05, 3.63) is 28.5 Å². The number of halogens is 5. The minimum atomic E-state index is -4.58. The van der Waals surface area contributed by atoms with E-state index in [0.717, 1.165) is 0 Å². The van der Waals surface area contributed by atoms with Crippen LogP contribution in [0.2, 0.25) is 5.15 Å². The molecular formula is C9H8BrClF3NO2. The monoisotopic (exact) mass is 333 g/mol. The van der Waals surface area contributed by atoms with Crippen LogP contribution in [-0.2, 0) is 6.18 Å². The van der Waals surface area contributed by atoms with Gasteiger partial charge in [0.15, 0.2) is 0 Å². The van der Waals surface area contributed by atoms with E-state index in [0.29, 0.717) is 12.3 Å². The Balaban J connectivity index is 3.15.